The van der Waals surface area contributed by atoms with Crippen LogP contribution >= 0.6 is 13.5 Å². The molecule has 3 nitrogen and oxygen atoms in total. The number of hydrogen-bond donors (Lipinski definition) is 0. The molecule has 2 atom stereocenters. The van der Waals surface area contributed by atoms with Crippen LogP contribution < -0.4 is 0 Å². The van der Waals surface area contributed by atoms with Gasteiger partial charge in [-0.2, -0.15) is 13.5 Å². The third kappa shape index (κ3) is 4.72. The highest BCUT2D eigenvalue weighted by atomic mass is 32.1. The van der Waals surface area contributed by atoms with E-state index in [2.05, 4.69) is 0 Å². The van der Waals surface area contributed by atoms with Crippen LogP contribution in [-0.2, 0) is 14.2 Å². The molecule has 2 aliphatic heterocycles. The summed E-state index contributed by atoms with van der Waals surface area (Å²) in [5.74, 6) is 0. The molecule has 0 N–H and O–H groups in total. The van der Waals surface area contributed by atoms with Crippen molar-refractivity contribution in [3.63, 3.8) is 0 Å². The van der Waals surface area contributed by atoms with Gasteiger partial charge in [0, 0.05) is 13.2 Å². The van der Waals surface area contributed by atoms with Gasteiger partial charge in [-0.25, -0.2) is 0 Å². The van der Waals surface area contributed by atoms with E-state index < -0.39 is 0 Å². The van der Waals surface area contributed by atoms with E-state index in [1.165, 1.54) is 25.7 Å². The summed E-state index contributed by atoms with van der Waals surface area (Å²) in [6.45, 7) is 2.47. The van der Waals surface area contributed by atoms with Crippen LogP contribution in [0.1, 0.15) is 38.5 Å². The van der Waals surface area contributed by atoms with E-state index in [9.17, 15) is 0 Å². The highest BCUT2D eigenvalue weighted by molar-refractivity contribution is 7.59. The Morgan fingerprint density at radius 2 is 1.67 bits per heavy atom. The number of ether oxygens (including phenoxy) is 3. The van der Waals surface area contributed by atoms with Crippen molar-refractivity contribution in [2.24, 2.45) is 0 Å². The van der Waals surface area contributed by atoms with Crippen molar-refractivity contribution in [2.45, 2.75) is 50.9 Å². The van der Waals surface area contributed by atoms with Crippen molar-refractivity contribution in [2.75, 3.05) is 19.8 Å². The summed E-state index contributed by atoms with van der Waals surface area (Å²) in [7, 11) is 0. The third-order valence-electron chi connectivity index (χ3n) is 2.88. The van der Waals surface area contributed by atoms with Crippen LogP contribution in [0.25, 0.3) is 0 Å². The molecule has 2 heterocycles. The van der Waals surface area contributed by atoms with Crippen LogP contribution in [-0.4, -0.2) is 32.2 Å². The first kappa shape index (κ1) is 13.3. The summed E-state index contributed by atoms with van der Waals surface area (Å²) < 4.78 is 16.8. The number of hydrogen-bond acceptors (Lipinski definition) is 3. The molecule has 0 bridgehead atoms. The average molecular weight is 234 g/mol. The first-order valence-electron chi connectivity index (χ1n) is 5.80. The Morgan fingerprint density at radius 3 is 2.27 bits per heavy atom. The minimum Gasteiger partial charge on any atom is -0.376 e. The molecule has 1 unspecified atom stereocenters. The van der Waals surface area contributed by atoms with E-state index in [0.717, 1.165) is 26.1 Å². The Bertz CT molecular complexity index is 136. The first-order chi connectivity index (χ1) is 6.95. The van der Waals surface area contributed by atoms with Crippen molar-refractivity contribution in [1.29, 1.82) is 0 Å². The Labute approximate surface area is 98.9 Å². The lowest BCUT2D eigenvalue weighted by Gasteiger charge is -2.27. The predicted molar refractivity (Wildman–Crippen MR) is 63.5 cm³/mol. The zero-order valence-corrected chi connectivity index (χ0v) is 10.2. The van der Waals surface area contributed by atoms with Crippen LogP contribution in [0.4, 0.5) is 0 Å². The van der Waals surface area contributed by atoms with Gasteiger partial charge in [0.25, 0.3) is 0 Å². The van der Waals surface area contributed by atoms with Gasteiger partial charge in [0.05, 0.1) is 12.7 Å². The molecule has 0 aromatic heterocycles. The summed E-state index contributed by atoms with van der Waals surface area (Å²) in [5, 5.41) is 0. The summed E-state index contributed by atoms with van der Waals surface area (Å²) in [6.07, 6.45) is 7.44. The highest BCUT2D eigenvalue weighted by Crippen LogP contribution is 2.17. The molecule has 2 aliphatic rings. The van der Waals surface area contributed by atoms with Crippen LogP contribution in [0.2, 0.25) is 0 Å². The molecule has 90 valence electrons. The smallest absolute Gasteiger partial charge is 0.157 e. The van der Waals surface area contributed by atoms with E-state index in [4.69, 9.17) is 14.2 Å². The molecular weight excluding hydrogens is 212 g/mol. The maximum Gasteiger partial charge on any atom is 0.157 e. The fourth-order valence-electron chi connectivity index (χ4n) is 2.00. The van der Waals surface area contributed by atoms with E-state index in [-0.39, 0.29) is 19.8 Å². The molecule has 0 spiro atoms. The van der Waals surface area contributed by atoms with E-state index in [0.29, 0.717) is 12.7 Å². The second-order valence-electron chi connectivity index (χ2n) is 4.12. The molecule has 2 fully saturated rings. The molecule has 2 rings (SSSR count). The predicted octanol–water partition coefficient (Wildman–Crippen LogP) is 2.21. The SMILES string of the molecule is C1CCC(OC[C@@H]2CCCCO2)OC1.S. The van der Waals surface area contributed by atoms with Crippen molar-refractivity contribution in [3.05, 3.63) is 0 Å². The second kappa shape index (κ2) is 7.49. The lowest BCUT2D eigenvalue weighted by molar-refractivity contribution is -0.183. The van der Waals surface area contributed by atoms with Crippen molar-refractivity contribution < 1.29 is 14.2 Å². The highest BCUT2D eigenvalue weighted by Gasteiger charge is 2.18. The van der Waals surface area contributed by atoms with E-state index in [1.807, 2.05) is 0 Å². The number of rotatable bonds is 3. The van der Waals surface area contributed by atoms with Crippen molar-refractivity contribution in [1.82, 2.24) is 0 Å². The van der Waals surface area contributed by atoms with Gasteiger partial charge >= 0.3 is 0 Å². The Kier molecular flexibility index (Phi) is 6.64. The fourth-order valence-corrected chi connectivity index (χ4v) is 2.00. The normalized spacial score (nSPS) is 32.0. The van der Waals surface area contributed by atoms with Crippen LogP contribution in [0.3, 0.4) is 0 Å². The van der Waals surface area contributed by atoms with Crippen molar-refractivity contribution >= 4 is 13.5 Å². The molecule has 4 heteroatoms. The summed E-state index contributed by atoms with van der Waals surface area (Å²) in [6, 6.07) is 0. The van der Waals surface area contributed by atoms with Crippen LogP contribution in [0.15, 0.2) is 0 Å². The topological polar surface area (TPSA) is 27.7 Å². The maximum atomic E-state index is 5.68. The maximum absolute atomic E-state index is 5.68. The van der Waals surface area contributed by atoms with Gasteiger partial charge < -0.3 is 14.2 Å². The summed E-state index contributed by atoms with van der Waals surface area (Å²) in [5.41, 5.74) is 0. The molecule has 0 aromatic carbocycles. The molecule has 2 saturated heterocycles. The Balaban J connectivity index is 0.00000112. The van der Waals surface area contributed by atoms with Gasteiger partial charge in [-0.05, 0) is 38.5 Å². The minimum atomic E-state index is 0. The van der Waals surface area contributed by atoms with E-state index >= 15 is 0 Å². The zero-order chi connectivity index (χ0) is 9.64. The molecule has 0 saturated carbocycles. The largest absolute Gasteiger partial charge is 0.376 e. The van der Waals surface area contributed by atoms with Gasteiger partial charge in [-0.3, -0.25) is 0 Å². The van der Waals surface area contributed by atoms with E-state index in [1.54, 1.807) is 0 Å². The van der Waals surface area contributed by atoms with Crippen molar-refractivity contribution in [3.8, 4) is 0 Å². The molecule has 15 heavy (non-hydrogen) atoms. The quantitative estimate of drug-likeness (QED) is 0.749. The lowest BCUT2D eigenvalue weighted by atomic mass is 10.1. The molecule has 0 aromatic rings. The lowest BCUT2D eigenvalue weighted by Crippen LogP contribution is -2.30. The second-order valence-corrected chi connectivity index (χ2v) is 4.12. The standard InChI is InChI=1S/C11H20O3.H2S/c1-3-7-12-10(5-1)9-14-11-6-2-4-8-13-11;/h10-11H,1-9H2;1H2/t10-,11?;/m0./s1. The molecular formula is C11H22O3S. The molecule has 0 aliphatic carbocycles. The van der Waals surface area contributed by atoms with Gasteiger partial charge in [0.1, 0.15) is 0 Å². The Morgan fingerprint density at radius 1 is 0.933 bits per heavy atom. The van der Waals surface area contributed by atoms with Gasteiger partial charge in [0.2, 0.25) is 0 Å². The minimum absolute atomic E-state index is 0. The van der Waals surface area contributed by atoms with Crippen LogP contribution in [0, 0.1) is 0 Å². The average Bonchev–Trinajstić information content (AvgIpc) is 2.29. The summed E-state index contributed by atoms with van der Waals surface area (Å²) >= 11 is 0. The van der Waals surface area contributed by atoms with Gasteiger partial charge in [-0.1, -0.05) is 0 Å². The summed E-state index contributed by atoms with van der Waals surface area (Å²) in [4.78, 5) is 0. The monoisotopic (exact) mass is 234 g/mol. The fraction of sp³-hybridized carbons (Fsp3) is 1.00. The van der Waals surface area contributed by atoms with Crippen LogP contribution in [0.5, 0.6) is 0 Å². The molecule has 0 radical (unpaired) electrons. The van der Waals surface area contributed by atoms with Gasteiger partial charge in [-0.15, -0.1) is 0 Å². The van der Waals surface area contributed by atoms with Gasteiger partial charge in [0.15, 0.2) is 6.29 Å². The third-order valence-corrected chi connectivity index (χ3v) is 2.88. The molecule has 0 amide bonds. The first-order valence-corrected chi connectivity index (χ1v) is 5.80. The zero-order valence-electron chi connectivity index (χ0n) is 9.24. The Hall–Kier alpha value is 0.230.